The number of carboxylic acids is 1. The minimum Gasteiger partial charge on any atom is -0.545 e. The van der Waals surface area contributed by atoms with Crippen LogP contribution in [0.25, 0.3) is 33.4 Å². The van der Waals surface area contributed by atoms with Crippen LogP contribution < -0.4 is 15.3 Å². The molecular weight excluding hydrogens is 468 g/mol. The van der Waals surface area contributed by atoms with Gasteiger partial charge in [-0.1, -0.05) is 57.2 Å². The van der Waals surface area contributed by atoms with Crippen LogP contribution in [-0.4, -0.2) is 11.9 Å². The number of hydrogen-bond donors (Lipinski definition) is 0. The Balaban J connectivity index is 1.61. The molecule has 2 aliphatic rings. The highest BCUT2D eigenvalue weighted by atomic mass is 16.5. The lowest BCUT2D eigenvalue weighted by atomic mass is 9.87. The largest absolute Gasteiger partial charge is 0.545 e. The fraction of sp³-hybridized carbons (Fsp3) is 0.129. The van der Waals surface area contributed by atoms with Crippen LogP contribution in [0.1, 0.15) is 47.1 Å². The molecule has 0 aromatic heterocycles. The minimum absolute atomic E-state index is 0.0108. The van der Waals surface area contributed by atoms with E-state index >= 15 is 0 Å². The van der Waals surface area contributed by atoms with Crippen molar-refractivity contribution < 1.29 is 23.8 Å². The van der Waals surface area contributed by atoms with Gasteiger partial charge in [0, 0.05) is 34.2 Å². The fourth-order valence-corrected chi connectivity index (χ4v) is 4.36. The van der Waals surface area contributed by atoms with E-state index in [9.17, 15) is 19.5 Å². The van der Waals surface area contributed by atoms with E-state index in [-0.39, 0.29) is 27.9 Å². The number of rotatable bonds is 4. The third-order valence-electron chi connectivity index (χ3n) is 6.28. The summed E-state index contributed by atoms with van der Waals surface area (Å²) >= 11 is 0. The second-order valence-electron chi connectivity index (χ2n) is 9.84. The lowest BCUT2D eigenvalue weighted by Gasteiger charge is -2.19. The van der Waals surface area contributed by atoms with Crippen LogP contribution in [0.3, 0.4) is 0 Å². The highest BCUT2D eigenvalue weighted by Gasteiger charge is 2.21. The molecule has 1 aliphatic heterocycles. The first kappa shape index (κ1) is 24.0. The molecule has 3 aromatic carbocycles. The highest BCUT2D eigenvalue weighted by molar-refractivity contribution is 6.07. The normalized spacial score (nSPS) is 11.5. The van der Waals surface area contributed by atoms with E-state index in [4.69, 9.17) is 9.15 Å². The van der Waals surface area contributed by atoms with E-state index in [0.717, 1.165) is 5.56 Å². The SMILES string of the molecule is CC(C)(C)c1ccc(C(=O)Oc2ccc3c(-c4ccccc4C(=O)[O-])c4ccc(=O)cc-4oc3c2)cc1. The zero-order valence-electron chi connectivity index (χ0n) is 20.5. The Hall–Kier alpha value is -4.71. The zero-order chi connectivity index (χ0) is 26.3. The van der Waals surface area contributed by atoms with Gasteiger partial charge in [0.1, 0.15) is 17.1 Å². The first-order valence-electron chi connectivity index (χ1n) is 11.8. The molecule has 0 fully saturated rings. The van der Waals surface area contributed by atoms with Crippen molar-refractivity contribution in [2.45, 2.75) is 26.2 Å². The summed E-state index contributed by atoms with van der Waals surface area (Å²) in [5.74, 6) is -1.31. The Bertz CT molecular complexity index is 1690. The summed E-state index contributed by atoms with van der Waals surface area (Å²) in [4.78, 5) is 36.7. The van der Waals surface area contributed by atoms with E-state index < -0.39 is 11.9 Å². The standard InChI is InChI=1S/C31H24O6/c1-31(2,3)19-10-8-18(9-11-19)30(35)36-21-13-15-25-27(17-21)37-26-16-20(32)12-14-24(26)28(25)22-6-4-5-7-23(22)29(33)34/h4-17H,1-3H3,(H,33,34)/p-1. The molecule has 0 saturated carbocycles. The summed E-state index contributed by atoms with van der Waals surface area (Å²) in [6.45, 7) is 6.29. The lowest BCUT2D eigenvalue weighted by Crippen LogP contribution is -2.23. The molecule has 1 heterocycles. The zero-order valence-corrected chi connectivity index (χ0v) is 20.5. The fourth-order valence-electron chi connectivity index (χ4n) is 4.36. The van der Waals surface area contributed by atoms with Crippen molar-refractivity contribution in [2.75, 3.05) is 0 Å². The summed E-state index contributed by atoms with van der Waals surface area (Å²) in [5, 5.41) is 12.5. The molecule has 0 bridgehead atoms. The van der Waals surface area contributed by atoms with E-state index in [2.05, 4.69) is 20.8 Å². The molecule has 0 N–H and O–H groups in total. The maximum absolute atomic E-state index is 12.8. The Kier molecular flexibility index (Phi) is 5.88. The maximum Gasteiger partial charge on any atom is 0.343 e. The number of aromatic carboxylic acids is 1. The molecule has 0 unspecified atom stereocenters. The summed E-state index contributed by atoms with van der Waals surface area (Å²) in [6.07, 6.45) is 0. The van der Waals surface area contributed by atoms with Gasteiger partial charge >= 0.3 is 5.97 Å². The van der Waals surface area contributed by atoms with Gasteiger partial charge in [-0.3, -0.25) is 4.79 Å². The van der Waals surface area contributed by atoms with Crippen LogP contribution in [0, 0.1) is 0 Å². The van der Waals surface area contributed by atoms with Gasteiger partial charge in [-0.2, -0.15) is 0 Å². The topological polar surface area (TPSA) is 96.6 Å². The molecule has 6 heteroatoms. The smallest absolute Gasteiger partial charge is 0.343 e. The molecule has 1 aliphatic carbocycles. The van der Waals surface area contributed by atoms with Gasteiger partial charge < -0.3 is 19.1 Å². The Morgan fingerprint density at radius 2 is 1.57 bits per heavy atom. The van der Waals surface area contributed by atoms with E-state index in [1.54, 1.807) is 54.6 Å². The summed E-state index contributed by atoms with van der Waals surface area (Å²) in [5.41, 5.74) is 3.13. The second-order valence-corrected chi connectivity index (χ2v) is 9.84. The van der Waals surface area contributed by atoms with E-state index in [1.165, 1.54) is 18.2 Å². The number of esters is 1. The summed E-state index contributed by atoms with van der Waals surface area (Å²) < 4.78 is 11.6. The number of ether oxygens (including phenoxy) is 1. The van der Waals surface area contributed by atoms with Gasteiger partial charge in [0.05, 0.1) is 11.5 Å². The average molecular weight is 492 g/mol. The predicted octanol–water partition coefficient (Wildman–Crippen LogP) is 5.45. The van der Waals surface area contributed by atoms with Crippen molar-refractivity contribution in [2.24, 2.45) is 0 Å². The van der Waals surface area contributed by atoms with Crippen molar-refractivity contribution in [1.82, 2.24) is 0 Å². The molecule has 0 radical (unpaired) electrons. The number of carbonyl (C=O) groups is 2. The predicted molar refractivity (Wildman–Crippen MR) is 139 cm³/mol. The third-order valence-corrected chi connectivity index (χ3v) is 6.28. The number of carbonyl (C=O) groups excluding carboxylic acids is 2. The van der Waals surface area contributed by atoms with Gasteiger partial charge in [-0.25, -0.2) is 4.79 Å². The van der Waals surface area contributed by atoms with Crippen molar-refractivity contribution in [3.63, 3.8) is 0 Å². The second kappa shape index (κ2) is 9.06. The number of carboxylic acid groups (broad SMARTS) is 1. The van der Waals surface area contributed by atoms with Crippen molar-refractivity contribution in [1.29, 1.82) is 0 Å². The minimum atomic E-state index is -1.32. The highest BCUT2D eigenvalue weighted by Crippen LogP contribution is 2.41. The van der Waals surface area contributed by atoms with Crippen LogP contribution >= 0.6 is 0 Å². The number of fused-ring (bicyclic) bond motifs is 2. The van der Waals surface area contributed by atoms with Crippen LogP contribution in [0.15, 0.2) is 94.1 Å². The molecule has 184 valence electrons. The molecule has 5 rings (SSSR count). The molecule has 0 spiro atoms. The van der Waals surface area contributed by atoms with Crippen LogP contribution in [0.4, 0.5) is 0 Å². The van der Waals surface area contributed by atoms with Gasteiger partial charge in [-0.15, -0.1) is 0 Å². The molecule has 3 aromatic rings. The lowest BCUT2D eigenvalue weighted by molar-refractivity contribution is -0.254. The van der Waals surface area contributed by atoms with Gasteiger partial charge in [-0.05, 0) is 52.9 Å². The van der Waals surface area contributed by atoms with Crippen molar-refractivity contribution >= 4 is 22.9 Å². The van der Waals surface area contributed by atoms with Crippen LogP contribution in [0.5, 0.6) is 5.75 Å². The van der Waals surface area contributed by atoms with E-state index in [0.29, 0.717) is 33.2 Å². The molecule has 0 saturated heterocycles. The maximum atomic E-state index is 12.8. The molecule has 37 heavy (non-hydrogen) atoms. The number of benzene rings is 4. The van der Waals surface area contributed by atoms with Crippen LogP contribution in [0.2, 0.25) is 0 Å². The first-order valence-corrected chi connectivity index (χ1v) is 11.8. The van der Waals surface area contributed by atoms with Gasteiger partial charge in [0.25, 0.3) is 0 Å². The molecular formula is C31H23O6-. The Morgan fingerprint density at radius 1 is 0.838 bits per heavy atom. The first-order chi connectivity index (χ1) is 17.6. The van der Waals surface area contributed by atoms with Crippen LogP contribution in [-0.2, 0) is 5.41 Å². The summed E-state index contributed by atoms with van der Waals surface area (Å²) in [6, 6.07) is 23.0. The van der Waals surface area contributed by atoms with Crippen molar-refractivity contribution in [3.8, 4) is 28.2 Å². The Labute approximate surface area is 213 Å². The average Bonchev–Trinajstić information content (AvgIpc) is 2.86. The monoisotopic (exact) mass is 491 g/mol. The summed E-state index contributed by atoms with van der Waals surface area (Å²) in [7, 11) is 0. The van der Waals surface area contributed by atoms with E-state index in [1.807, 2.05) is 12.1 Å². The number of hydrogen-bond acceptors (Lipinski definition) is 6. The third kappa shape index (κ3) is 4.61. The quantitative estimate of drug-likeness (QED) is 0.189. The molecule has 0 atom stereocenters. The Morgan fingerprint density at radius 3 is 2.27 bits per heavy atom. The molecule has 6 nitrogen and oxygen atoms in total. The van der Waals surface area contributed by atoms with Gasteiger partial charge in [0.15, 0.2) is 5.43 Å². The van der Waals surface area contributed by atoms with Crippen molar-refractivity contribution in [3.05, 3.63) is 112 Å². The van der Waals surface area contributed by atoms with Gasteiger partial charge in [0.2, 0.25) is 0 Å². The molecule has 0 amide bonds.